The summed E-state index contributed by atoms with van der Waals surface area (Å²) in [6.45, 7) is 5.74. The Balaban J connectivity index is 2.80. The fourth-order valence-corrected chi connectivity index (χ4v) is 2.92. The maximum Gasteiger partial charge on any atom is 0.239 e. The summed E-state index contributed by atoms with van der Waals surface area (Å²) in [5.41, 5.74) is 2.40. The Hall–Kier alpha value is -2.32. The number of aliphatic hydroxyl groups is 1. The van der Waals surface area contributed by atoms with Gasteiger partial charge in [-0.3, -0.25) is 0 Å². The van der Waals surface area contributed by atoms with E-state index in [4.69, 9.17) is 0 Å². The van der Waals surface area contributed by atoms with Crippen LogP contribution in [-0.4, -0.2) is 42.9 Å². The zero-order valence-electron chi connectivity index (χ0n) is 16.7. The zero-order chi connectivity index (χ0) is 21.1. The number of hydrogen-bond donors (Lipinski definition) is 1. The first-order chi connectivity index (χ1) is 13.0. The molecule has 0 aliphatic heterocycles. The van der Waals surface area contributed by atoms with Gasteiger partial charge in [0, 0.05) is 18.2 Å². The van der Waals surface area contributed by atoms with Gasteiger partial charge in [0.25, 0.3) is 0 Å². The summed E-state index contributed by atoms with van der Waals surface area (Å²) in [5, 5.41) is 9.93. The lowest BCUT2D eigenvalue weighted by atomic mass is 9.97. The van der Waals surface area contributed by atoms with Crippen LogP contribution < -0.4 is 4.31 Å². The van der Waals surface area contributed by atoms with E-state index in [-0.39, 0.29) is 17.7 Å². The van der Waals surface area contributed by atoms with Crippen LogP contribution in [0.25, 0.3) is 17.3 Å². The molecule has 1 heterocycles. The Morgan fingerprint density at radius 1 is 1.21 bits per heavy atom. The van der Waals surface area contributed by atoms with Gasteiger partial charge in [-0.15, -0.1) is 0 Å². The number of benzene rings is 1. The van der Waals surface area contributed by atoms with E-state index in [1.807, 2.05) is 20.8 Å². The Kier molecular flexibility index (Phi) is 6.90. The lowest BCUT2D eigenvalue weighted by Gasteiger charge is -2.20. The van der Waals surface area contributed by atoms with Crippen molar-refractivity contribution in [2.75, 3.05) is 17.6 Å². The van der Waals surface area contributed by atoms with Crippen molar-refractivity contribution in [3.8, 4) is 11.3 Å². The molecule has 0 aliphatic rings. The number of rotatable bonds is 7. The van der Waals surface area contributed by atoms with E-state index >= 15 is 0 Å². The first kappa shape index (κ1) is 22.0. The molecular weight excluding hydrogens is 381 g/mol. The fourth-order valence-electron chi connectivity index (χ4n) is 2.54. The minimum absolute atomic E-state index is 0.0349. The van der Waals surface area contributed by atoms with Crippen LogP contribution in [0.1, 0.15) is 44.4 Å². The van der Waals surface area contributed by atoms with Gasteiger partial charge in [-0.2, -0.15) is 0 Å². The molecule has 8 heteroatoms. The Morgan fingerprint density at radius 2 is 1.82 bits per heavy atom. The minimum Gasteiger partial charge on any atom is -0.389 e. The fraction of sp³-hybridized carbons (Fsp3) is 0.400. The second-order valence-corrected chi connectivity index (χ2v) is 8.91. The average molecular weight is 408 g/mol. The number of hydrogen-bond acceptors (Lipinski definition) is 5. The van der Waals surface area contributed by atoms with Crippen LogP contribution in [-0.2, 0) is 10.0 Å². The van der Waals surface area contributed by atoms with Crippen LogP contribution in [0.4, 0.5) is 10.3 Å². The first-order valence-electron chi connectivity index (χ1n) is 9.02. The summed E-state index contributed by atoms with van der Waals surface area (Å²) < 4.78 is 38.4. The number of halogens is 1. The van der Waals surface area contributed by atoms with E-state index in [0.29, 0.717) is 28.9 Å². The molecule has 152 valence electrons. The molecule has 0 amide bonds. The summed E-state index contributed by atoms with van der Waals surface area (Å²) in [6.07, 6.45) is 4.40. The maximum atomic E-state index is 13.4. The molecule has 1 aromatic heterocycles. The highest BCUT2D eigenvalue weighted by molar-refractivity contribution is 7.92. The Bertz CT molecular complexity index is 957. The molecule has 0 aliphatic carbocycles. The summed E-state index contributed by atoms with van der Waals surface area (Å²) >= 11 is 0. The highest BCUT2D eigenvalue weighted by Gasteiger charge is 2.22. The molecule has 0 spiro atoms. The number of sulfonamides is 1. The van der Waals surface area contributed by atoms with Crippen molar-refractivity contribution in [1.29, 1.82) is 0 Å². The number of aliphatic hydroxyl groups excluding tert-OH is 1. The molecule has 2 rings (SSSR count). The molecule has 0 bridgehead atoms. The SMILES string of the molecule is CCC(O)C=Cc1c(-c2ccc(F)cc2)nc(N(C)S(C)(=O)=O)nc1C(C)C. The molecule has 0 saturated carbocycles. The van der Waals surface area contributed by atoms with E-state index in [9.17, 15) is 17.9 Å². The largest absolute Gasteiger partial charge is 0.389 e. The van der Waals surface area contributed by atoms with E-state index < -0.39 is 16.1 Å². The second-order valence-electron chi connectivity index (χ2n) is 6.90. The van der Waals surface area contributed by atoms with Crippen molar-refractivity contribution in [2.45, 2.75) is 39.2 Å². The van der Waals surface area contributed by atoms with Crippen molar-refractivity contribution in [2.24, 2.45) is 0 Å². The third-order valence-electron chi connectivity index (χ3n) is 4.31. The summed E-state index contributed by atoms with van der Waals surface area (Å²) in [6, 6.07) is 5.81. The van der Waals surface area contributed by atoms with Gasteiger partial charge in [0.1, 0.15) is 5.82 Å². The first-order valence-corrected chi connectivity index (χ1v) is 10.9. The van der Waals surface area contributed by atoms with Gasteiger partial charge in [-0.05, 0) is 36.6 Å². The van der Waals surface area contributed by atoms with Gasteiger partial charge in [-0.1, -0.05) is 32.9 Å². The zero-order valence-corrected chi connectivity index (χ0v) is 17.5. The van der Waals surface area contributed by atoms with Gasteiger partial charge in [-0.25, -0.2) is 27.1 Å². The van der Waals surface area contributed by atoms with E-state index in [1.54, 1.807) is 24.3 Å². The summed E-state index contributed by atoms with van der Waals surface area (Å²) in [5.74, 6) is -0.375. The predicted octanol–water partition coefficient (Wildman–Crippen LogP) is 3.59. The Labute approximate surface area is 165 Å². The Morgan fingerprint density at radius 3 is 2.32 bits per heavy atom. The third kappa shape index (κ3) is 5.14. The maximum absolute atomic E-state index is 13.4. The molecule has 1 unspecified atom stereocenters. The van der Waals surface area contributed by atoms with Gasteiger partial charge >= 0.3 is 0 Å². The number of nitrogens with zero attached hydrogens (tertiary/aromatic N) is 3. The van der Waals surface area contributed by atoms with Gasteiger partial charge < -0.3 is 5.11 Å². The topological polar surface area (TPSA) is 83.4 Å². The highest BCUT2D eigenvalue weighted by Crippen LogP contribution is 2.31. The number of anilines is 1. The van der Waals surface area contributed by atoms with Gasteiger partial charge in [0.05, 0.1) is 23.7 Å². The molecule has 0 saturated heterocycles. The van der Waals surface area contributed by atoms with Gasteiger partial charge in [0.15, 0.2) is 0 Å². The molecule has 1 aromatic carbocycles. The lowest BCUT2D eigenvalue weighted by Crippen LogP contribution is -2.27. The monoisotopic (exact) mass is 407 g/mol. The third-order valence-corrected chi connectivity index (χ3v) is 5.47. The van der Waals surface area contributed by atoms with Crippen LogP contribution >= 0.6 is 0 Å². The van der Waals surface area contributed by atoms with Crippen molar-refractivity contribution < 1.29 is 17.9 Å². The minimum atomic E-state index is -3.56. The standard InChI is InChI=1S/C20H26FN3O3S/c1-6-16(25)11-12-17-18(13(2)3)22-20(24(4)28(5,26)27)23-19(17)14-7-9-15(21)10-8-14/h7-13,16,25H,6H2,1-5H3. The van der Waals surface area contributed by atoms with Crippen LogP contribution in [0, 0.1) is 5.82 Å². The molecule has 1 atom stereocenters. The van der Waals surface area contributed by atoms with Crippen LogP contribution in [0.5, 0.6) is 0 Å². The van der Waals surface area contributed by atoms with Crippen molar-refractivity contribution in [3.05, 3.63) is 47.4 Å². The molecular formula is C20H26FN3O3S. The molecule has 1 N–H and O–H groups in total. The molecule has 28 heavy (non-hydrogen) atoms. The van der Waals surface area contributed by atoms with Crippen LogP contribution in [0.2, 0.25) is 0 Å². The number of aromatic nitrogens is 2. The van der Waals surface area contributed by atoms with Crippen molar-refractivity contribution in [3.63, 3.8) is 0 Å². The van der Waals surface area contributed by atoms with E-state index in [0.717, 1.165) is 10.6 Å². The van der Waals surface area contributed by atoms with Gasteiger partial charge in [0.2, 0.25) is 16.0 Å². The summed E-state index contributed by atoms with van der Waals surface area (Å²) in [4.78, 5) is 8.94. The predicted molar refractivity (Wildman–Crippen MR) is 110 cm³/mol. The normalized spacial score (nSPS) is 13.3. The van der Waals surface area contributed by atoms with Crippen molar-refractivity contribution in [1.82, 2.24) is 9.97 Å². The smallest absolute Gasteiger partial charge is 0.239 e. The van der Waals surface area contributed by atoms with E-state index in [1.165, 1.54) is 19.2 Å². The molecule has 0 fully saturated rings. The summed E-state index contributed by atoms with van der Waals surface area (Å²) in [7, 11) is -2.17. The van der Waals surface area contributed by atoms with E-state index in [2.05, 4.69) is 9.97 Å². The quantitative estimate of drug-likeness (QED) is 0.758. The second kappa shape index (κ2) is 8.79. The molecule has 6 nitrogen and oxygen atoms in total. The highest BCUT2D eigenvalue weighted by atomic mass is 32.2. The molecule has 2 aromatic rings. The van der Waals surface area contributed by atoms with Crippen LogP contribution in [0.15, 0.2) is 30.3 Å². The molecule has 0 radical (unpaired) electrons. The average Bonchev–Trinajstić information content (AvgIpc) is 2.64. The lowest BCUT2D eigenvalue weighted by molar-refractivity contribution is 0.220. The van der Waals surface area contributed by atoms with Crippen molar-refractivity contribution >= 4 is 22.0 Å². The van der Waals surface area contributed by atoms with Crippen LogP contribution in [0.3, 0.4) is 0 Å².